The van der Waals surface area contributed by atoms with E-state index in [1.54, 1.807) is 13.3 Å². The third kappa shape index (κ3) is 2.47. The van der Waals surface area contributed by atoms with Crippen LogP contribution in [0.5, 0.6) is 0 Å². The second kappa shape index (κ2) is 4.74. The zero-order chi connectivity index (χ0) is 15.2. The van der Waals surface area contributed by atoms with E-state index in [4.69, 9.17) is 0 Å². The zero-order valence-corrected chi connectivity index (χ0v) is 13.1. The van der Waals surface area contributed by atoms with Gasteiger partial charge in [0.05, 0.1) is 11.0 Å². The highest BCUT2D eigenvalue weighted by atomic mass is 31.2. The number of aromatic nitrogens is 1. The first-order chi connectivity index (χ1) is 9.86. The predicted molar refractivity (Wildman–Crippen MR) is 87.6 cm³/mol. The van der Waals surface area contributed by atoms with E-state index in [0.717, 1.165) is 27.9 Å². The monoisotopic (exact) mass is 300 g/mol. The summed E-state index contributed by atoms with van der Waals surface area (Å²) in [5.74, 6) is -0.108. The predicted octanol–water partition coefficient (Wildman–Crippen LogP) is 3.06. The molecule has 1 aliphatic rings. The fourth-order valence-corrected chi connectivity index (χ4v) is 3.32. The number of aryl methyl sites for hydroxylation is 1. The highest BCUT2D eigenvalue weighted by molar-refractivity contribution is 7.69. The van der Waals surface area contributed by atoms with Gasteiger partial charge in [-0.1, -0.05) is 18.2 Å². The molecule has 4 nitrogen and oxygen atoms in total. The van der Waals surface area contributed by atoms with Crippen molar-refractivity contribution in [2.45, 2.75) is 6.92 Å². The molecule has 1 amide bonds. The second-order valence-electron chi connectivity index (χ2n) is 5.66. The lowest BCUT2D eigenvalue weighted by atomic mass is 10.1. The summed E-state index contributed by atoms with van der Waals surface area (Å²) in [7, 11) is -2.34. The molecule has 1 aromatic heterocycles. The molecular formula is C16H17N2O2P. The van der Waals surface area contributed by atoms with Gasteiger partial charge in [0.25, 0.3) is 5.91 Å². The lowest BCUT2D eigenvalue weighted by Crippen LogP contribution is -2.04. The topological polar surface area (TPSA) is 62.0 Å². The number of carbonyl (C=O) groups excluding carboxylic acids is 1. The molecule has 5 heteroatoms. The zero-order valence-electron chi connectivity index (χ0n) is 12.2. The minimum atomic E-state index is -2.34. The van der Waals surface area contributed by atoms with Crippen LogP contribution in [-0.2, 0) is 9.36 Å². The summed E-state index contributed by atoms with van der Waals surface area (Å²) >= 11 is 0. The van der Waals surface area contributed by atoms with E-state index >= 15 is 0 Å². The third-order valence-electron chi connectivity index (χ3n) is 3.62. The summed E-state index contributed by atoms with van der Waals surface area (Å²) in [5, 5.41) is 2.85. The van der Waals surface area contributed by atoms with Gasteiger partial charge >= 0.3 is 0 Å². The van der Waals surface area contributed by atoms with Gasteiger partial charge in [-0.25, -0.2) is 0 Å². The maximum atomic E-state index is 12.2. The summed E-state index contributed by atoms with van der Waals surface area (Å²) in [4.78, 5) is 15.3. The van der Waals surface area contributed by atoms with Crippen LogP contribution < -0.4 is 10.8 Å². The Labute approximate surface area is 123 Å². The Hall–Kier alpha value is -2.06. The number of hydrogen-bond acceptors (Lipinski definition) is 2. The van der Waals surface area contributed by atoms with Crippen molar-refractivity contribution in [2.24, 2.45) is 0 Å². The molecule has 21 heavy (non-hydrogen) atoms. The van der Waals surface area contributed by atoms with Crippen molar-refractivity contribution < 1.29 is 9.36 Å². The van der Waals surface area contributed by atoms with E-state index in [1.807, 2.05) is 43.3 Å². The summed E-state index contributed by atoms with van der Waals surface area (Å²) < 4.78 is 12.2. The summed E-state index contributed by atoms with van der Waals surface area (Å²) in [6.07, 6.45) is 1.83. The molecule has 0 aliphatic carbocycles. The average Bonchev–Trinajstić information content (AvgIpc) is 2.92. The molecule has 2 heterocycles. The van der Waals surface area contributed by atoms with E-state index in [2.05, 4.69) is 10.3 Å². The molecule has 0 spiro atoms. The fourth-order valence-electron chi connectivity index (χ4n) is 2.42. The molecule has 2 aromatic rings. The lowest BCUT2D eigenvalue weighted by molar-refractivity contribution is -0.110. The van der Waals surface area contributed by atoms with Gasteiger partial charge in [-0.15, -0.1) is 0 Å². The van der Waals surface area contributed by atoms with Crippen LogP contribution in [0.25, 0.3) is 11.6 Å². The molecule has 0 unspecified atom stereocenters. The Morgan fingerprint density at radius 2 is 1.90 bits per heavy atom. The first kappa shape index (κ1) is 13.9. The number of rotatable bonds is 2. The van der Waals surface area contributed by atoms with Crippen LogP contribution in [0.4, 0.5) is 5.69 Å². The number of nitrogens with one attached hydrogen (secondary N) is 2. The van der Waals surface area contributed by atoms with E-state index < -0.39 is 7.14 Å². The molecule has 0 saturated carbocycles. The van der Waals surface area contributed by atoms with Crippen molar-refractivity contribution in [3.05, 3.63) is 47.2 Å². The van der Waals surface area contributed by atoms with Crippen LogP contribution in [0.3, 0.4) is 0 Å². The van der Waals surface area contributed by atoms with Crippen molar-refractivity contribution in [1.29, 1.82) is 0 Å². The van der Waals surface area contributed by atoms with E-state index in [1.165, 1.54) is 0 Å². The Bertz CT molecular complexity index is 811. The van der Waals surface area contributed by atoms with E-state index in [9.17, 15) is 9.36 Å². The Kier molecular flexibility index (Phi) is 3.14. The van der Waals surface area contributed by atoms with Crippen molar-refractivity contribution >= 4 is 35.8 Å². The van der Waals surface area contributed by atoms with Crippen LogP contribution >= 0.6 is 7.14 Å². The van der Waals surface area contributed by atoms with Crippen LogP contribution in [0, 0.1) is 6.92 Å². The number of H-pyrrole nitrogens is 1. The van der Waals surface area contributed by atoms with Gasteiger partial charge in [0.15, 0.2) is 0 Å². The Morgan fingerprint density at radius 3 is 2.57 bits per heavy atom. The normalized spacial score (nSPS) is 16.1. The van der Waals surface area contributed by atoms with Gasteiger partial charge in [0, 0.05) is 16.9 Å². The Morgan fingerprint density at radius 1 is 1.19 bits per heavy atom. The lowest BCUT2D eigenvalue weighted by Gasteiger charge is -2.02. The largest absolute Gasteiger partial charge is 0.352 e. The Balaban J connectivity index is 2.09. The molecule has 108 valence electrons. The smallest absolute Gasteiger partial charge is 0.256 e. The van der Waals surface area contributed by atoms with Gasteiger partial charge in [-0.05, 0) is 44.0 Å². The van der Waals surface area contributed by atoms with Crippen molar-refractivity contribution in [3.8, 4) is 0 Å². The number of carbonyl (C=O) groups is 1. The highest BCUT2D eigenvalue weighted by Gasteiger charge is 2.24. The number of para-hydroxylation sites is 1. The third-order valence-corrected chi connectivity index (χ3v) is 5.02. The standard InChI is InChI=1S/C16H17N2O2P/c1-10-8-15(21(2,3)20)17-14(10)9-12-11-6-4-5-7-13(11)18-16(12)19/h4-9,17H,1-3H3,(H,18,19)/b12-9+. The average molecular weight is 300 g/mol. The summed E-state index contributed by atoms with van der Waals surface area (Å²) in [6.45, 7) is 5.40. The number of fused-ring (bicyclic) bond motifs is 1. The quantitative estimate of drug-likeness (QED) is 0.661. The maximum Gasteiger partial charge on any atom is 0.256 e. The van der Waals surface area contributed by atoms with Crippen molar-refractivity contribution in [1.82, 2.24) is 4.98 Å². The summed E-state index contributed by atoms with van der Waals surface area (Å²) in [6, 6.07) is 9.50. The first-order valence-corrected chi connectivity index (χ1v) is 9.34. The summed E-state index contributed by atoms with van der Waals surface area (Å²) in [5.41, 5.74) is 4.90. The van der Waals surface area contributed by atoms with Gasteiger partial charge in [0.1, 0.15) is 7.14 Å². The fraction of sp³-hybridized carbons (Fsp3) is 0.188. The number of amides is 1. The van der Waals surface area contributed by atoms with Crippen molar-refractivity contribution in [2.75, 3.05) is 18.6 Å². The number of benzene rings is 1. The molecule has 1 aromatic carbocycles. The molecular weight excluding hydrogens is 283 g/mol. The molecule has 0 saturated heterocycles. The molecule has 0 fully saturated rings. The molecule has 3 rings (SSSR count). The van der Waals surface area contributed by atoms with E-state index in [0.29, 0.717) is 5.57 Å². The van der Waals surface area contributed by atoms with Gasteiger partial charge < -0.3 is 14.9 Å². The maximum absolute atomic E-state index is 12.2. The molecule has 1 aliphatic heterocycles. The molecule has 2 N–H and O–H groups in total. The number of hydrogen-bond donors (Lipinski definition) is 2. The van der Waals surface area contributed by atoms with Crippen LogP contribution in [0.15, 0.2) is 30.3 Å². The molecule has 0 bridgehead atoms. The van der Waals surface area contributed by atoms with E-state index in [-0.39, 0.29) is 5.91 Å². The van der Waals surface area contributed by atoms with Gasteiger partial charge in [-0.2, -0.15) is 0 Å². The van der Waals surface area contributed by atoms with Crippen LogP contribution in [0.1, 0.15) is 16.8 Å². The minimum absolute atomic E-state index is 0.108. The number of anilines is 1. The SMILES string of the molecule is Cc1cc(P(C)(C)=O)[nH]c1/C=C1/C(=O)Nc2ccccc21. The molecule has 0 atom stereocenters. The molecule has 0 radical (unpaired) electrons. The highest BCUT2D eigenvalue weighted by Crippen LogP contribution is 2.36. The minimum Gasteiger partial charge on any atom is -0.352 e. The second-order valence-corrected chi connectivity index (χ2v) is 8.84. The number of aromatic amines is 1. The van der Waals surface area contributed by atoms with Gasteiger partial charge in [-0.3, -0.25) is 4.79 Å². The van der Waals surface area contributed by atoms with Crippen LogP contribution in [-0.4, -0.2) is 24.2 Å². The first-order valence-electron chi connectivity index (χ1n) is 6.74. The van der Waals surface area contributed by atoms with Crippen LogP contribution in [0.2, 0.25) is 0 Å². The van der Waals surface area contributed by atoms with Gasteiger partial charge in [0.2, 0.25) is 0 Å². The van der Waals surface area contributed by atoms with Crippen molar-refractivity contribution in [3.63, 3.8) is 0 Å².